The second kappa shape index (κ2) is 7.23. The van der Waals surface area contributed by atoms with Gasteiger partial charge in [0.05, 0.1) is 22.6 Å². The maximum atomic E-state index is 10.1. The third-order valence-corrected chi connectivity index (χ3v) is 1.000. The van der Waals surface area contributed by atoms with E-state index in [0.29, 0.717) is 13.2 Å². The number of carbonyl (C=O) groups excluding carboxylic acids is 1. The Bertz CT molecular complexity index is 98.9. The lowest BCUT2D eigenvalue weighted by atomic mass is 10.5. The van der Waals surface area contributed by atoms with Gasteiger partial charge in [-0.1, -0.05) is 0 Å². The summed E-state index contributed by atoms with van der Waals surface area (Å²) >= 11 is 1.55. The van der Waals surface area contributed by atoms with Crippen LogP contribution in [0.25, 0.3) is 0 Å². The number of hydroxylamine groups is 1. The first-order chi connectivity index (χ1) is 4.77. The van der Waals surface area contributed by atoms with E-state index >= 15 is 0 Å². The average Bonchev–Trinajstić information content (AvgIpc) is 1.87. The van der Waals surface area contributed by atoms with Crippen LogP contribution < -0.4 is 5.48 Å². The molecule has 0 aromatic heterocycles. The average molecular weight is 259 g/mol. The molecule has 0 saturated heterocycles. The van der Waals surface area contributed by atoms with Crippen molar-refractivity contribution in [2.75, 3.05) is 20.3 Å². The summed E-state index contributed by atoms with van der Waals surface area (Å²) in [6, 6.07) is 0. The van der Waals surface area contributed by atoms with E-state index in [9.17, 15) is 4.79 Å². The van der Waals surface area contributed by atoms with Gasteiger partial charge in [-0.05, 0) is 6.42 Å². The van der Waals surface area contributed by atoms with Gasteiger partial charge in [0, 0.05) is 20.3 Å². The number of rotatable bonds is 5. The minimum absolute atomic E-state index is 0.352. The van der Waals surface area contributed by atoms with Crippen molar-refractivity contribution in [1.29, 1.82) is 0 Å². The SMILES string of the molecule is COCCCNOC(=O)I. The first-order valence-electron chi connectivity index (χ1n) is 2.85. The number of methoxy groups -OCH3 is 1. The molecule has 0 aliphatic carbocycles. The molecule has 0 unspecified atom stereocenters. The fourth-order valence-electron chi connectivity index (χ4n) is 0.396. The molecule has 0 aliphatic rings. The zero-order valence-electron chi connectivity index (χ0n) is 5.72. The highest BCUT2D eigenvalue weighted by atomic mass is 127. The van der Waals surface area contributed by atoms with Gasteiger partial charge in [0.15, 0.2) is 0 Å². The molecule has 10 heavy (non-hydrogen) atoms. The van der Waals surface area contributed by atoms with Gasteiger partial charge in [-0.3, -0.25) is 0 Å². The summed E-state index contributed by atoms with van der Waals surface area (Å²) < 4.78 is 4.41. The molecule has 0 saturated carbocycles. The summed E-state index contributed by atoms with van der Waals surface area (Å²) in [5.74, 6) is 0. The van der Waals surface area contributed by atoms with Gasteiger partial charge in [-0.15, -0.1) is 0 Å². The number of ether oxygens (including phenoxy) is 1. The van der Waals surface area contributed by atoms with E-state index in [1.165, 1.54) is 0 Å². The Balaban J connectivity index is 2.84. The highest BCUT2D eigenvalue weighted by Crippen LogP contribution is 1.87. The first-order valence-corrected chi connectivity index (χ1v) is 3.93. The molecule has 0 aromatic rings. The molecule has 0 bridgehead atoms. The Hall–Kier alpha value is 0.120. The highest BCUT2D eigenvalue weighted by molar-refractivity contribution is 14.1. The third-order valence-electron chi connectivity index (χ3n) is 0.780. The van der Waals surface area contributed by atoms with Crippen LogP contribution in [0.5, 0.6) is 0 Å². The maximum Gasteiger partial charge on any atom is 0.385 e. The second-order valence-corrected chi connectivity index (χ2v) is 2.46. The molecule has 60 valence electrons. The summed E-state index contributed by atoms with van der Waals surface area (Å²) in [7, 11) is 1.63. The van der Waals surface area contributed by atoms with E-state index in [4.69, 9.17) is 4.74 Å². The predicted octanol–water partition coefficient (Wildman–Crippen LogP) is 1.10. The van der Waals surface area contributed by atoms with Crippen LogP contribution in [0.15, 0.2) is 0 Å². The lowest BCUT2D eigenvalue weighted by molar-refractivity contribution is 0.109. The van der Waals surface area contributed by atoms with E-state index in [0.717, 1.165) is 6.42 Å². The minimum Gasteiger partial charge on any atom is -0.385 e. The van der Waals surface area contributed by atoms with Crippen LogP contribution in [-0.4, -0.2) is 24.2 Å². The molecular formula is C5H10INO3. The van der Waals surface area contributed by atoms with E-state index in [-0.39, 0.29) is 3.98 Å². The van der Waals surface area contributed by atoms with Crippen LogP contribution in [0.2, 0.25) is 0 Å². The van der Waals surface area contributed by atoms with Crippen LogP contribution in [0, 0.1) is 0 Å². The van der Waals surface area contributed by atoms with Crippen molar-refractivity contribution in [1.82, 2.24) is 5.48 Å². The molecule has 0 aliphatic heterocycles. The van der Waals surface area contributed by atoms with Crippen LogP contribution >= 0.6 is 22.6 Å². The van der Waals surface area contributed by atoms with Crippen LogP contribution in [-0.2, 0) is 9.57 Å². The van der Waals surface area contributed by atoms with Gasteiger partial charge in [-0.2, -0.15) is 5.48 Å². The zero-order valence-corrected chi connectivity index (χ0v) is 7.88. The molecule has 0 spiro atoms. The van der Waals surface area contributed by atoms with E-state index < -0.39 is 0 Å². The highest BCUT2D eigenvalue weighted by Gasteiger charge is 1.91. The summed E-state index contributed by atoms with van der Waals surface area (Å²) in [5, 5.41) is 0. The summed E-state index contributed by atoms with van der Waals surface area (Å²) in [6.45, 7) is 1.30. The molecule has 1 N–H and O–H groups in total. The topological polar surface area (TPSA) is 47.6 Å². The van der Waals surface area contributed by atoms with Crippen molar-refractivity contribution < 1.29 is 14.4 Å². The molecule has 0 rings (SSSR count). The van der Waals surface area contributed by atoms with Crippen LogP contribution in [0.3, 0.4) is 0 Å². The van der Waals surface area contributed by atoms with Gasteiger partial charge >= 0.3 is 3.98 Å². The molecule has 0 radical (unpaired) electrons. The van der Waals surface area contributed by atoms with Crippen molar-refractivity contribution >= 4 is 26.6 Å². The lowest BCUT2D eigenvalue weighted by Gasteiger charge is -2.00. The third kappa shape index (κ3) is 8.12. The van der Waals surface area contributed by atoms with Crippen molar-refractivity contribution in [3.8, 4) is 0 Å². The van der Waals surface area contributed by atoms with Crippen molar-refractivity contribution in [3.63, 3.8) is 0 Å². The summed E-state index contributed by atoms with van der Waals surface area (Å²) in [5.41, 5.74) is 2.48. The number of halogens is 1. The maximum absolute atomic E-state index is 10.1. The van der Waals surface area contributed by atoms with Gasteiger partial charge in [0.25, 0.3) is 0 Å². The molecule has 4 nitrogen and oxygen atoms in total. The number of nitrogens with one attached hydrogen (secondary N) is 1. The molecular weight excluding hydrogens is 249 g/mol. The fourth-order valence-corrected chi connectivity index (χ4v) is 0.552. The molecule has 0 amide bonds. The van der Waals surface area contributed by atoms with Gasteiger partial charge in [0.1, 0.15) is 0 Å². The molecule has 5 heteroatoms. The summed E-state index contributed by atoms with van der Waals surface area (Å²) in [4.78, 5) is 14.6. The normalized spacial score (nSPS) is 9.40. The fraction of sp³-hybridized carbons (Fsp3) is 0.800. The Morgan fingerprint density at radius 2 is 2.40 bits per heavy atom. The van der Waals surface area contributed by atoms with Crippen molar-refractivity contribution in [3.05, 3.63) is 0 Å². The number of hydrogen-bond acceptors (Lipinski definition) is 4. The first kappa shape index (κ1) is 10.1. The predicted molar refractivity (Wildman–Crippen MR) is 45.0 cm³/mol. The van der Waals surface area contributed by atoms with Gasteiger partial charge in [-0.25, -0.2) is 4.79 Å². The molecule has 0 heterocycles. The number of hydrogen-bond donors (Lipinski definition) is 1. The van der Waals surface area contributed by atoms with Crippen molar-refractivity contribution in [2.24, 2.45) is 0 Å². The molecule has 0 atom stereocenters. The standard InChI is InChI=1S/C5H10INO3/c1-9-4-2-3-7-10-5(6)8/h7H,2-4H2,1H3. The quantitative estimate of drug-likeness (QED) is 0.347. The Morgan fingerprint density at radius 3 is 2.90 bits per heavy atom. The van der Waals surface area contributed by atoms with E-state index in [1.54, 1.807) is 29.7 Å². The number of carbonyl (C=O) groups is 1. The monoisotopic (exact) mass is 259 g/mol. The Morgan fingerprint density at radius 1 is 1.70 bits per heavy atom. The van der Waals surface area contributed by atoms with Crippen LogP contribution in [0.1, 0.15) is 6.42 Å². The Kier molecular flexibility index (Phi) is 7.32. The molecule has 0 aromatic carbocycles. The second-order valence-electron chi connectivity index (χ2n) is 1.58. The minimum atomic E-state index is -0.352. The van der Waals surface area contributed by atoms with Gasteiger partial charge < -0.3 is 9.57 Å². The van der Waals surface area contributed by atoms with E-state index in [1.807, 2.05) is 0 Å². The summed E-state index contributed by atoms with van der Waals surface area (Å²) in [6.07, 6.45) is 0.834. The Labute approximate surface area is 73.4 Å². The lowest BCUT2D eigenvalue weighted by Crippen LogP contribution is -2.18. The van der Waals surface area contributed by atoms with Crippen molar-refractivity contribution in [2.45, 2.75) is 6.42 Å². The van der Waals surface area contributed by atoms with Gasteiger partial charge in [0.2, 0.25) is 0 Å². The molecule has 0 fully saturated rings. The van der Waals surface area contributed by atoms with E-state index in [2.05, 4.69) is 10.3 Å². The largest absolute Gasteiger partial charge is 0.385 e. The van der Waals surface area contributed by atoms with Crippen LogP contribution in [0.4, 0.5) is 4.79 Å². The smallest absolute Gasteiger partial charge is 0.385 e. The zero-order chi connectivity index (χ0) is 7.82.